The monoisotopic (exact) mass is 424 g/mol. The Hall–Kier alpha value is 0.411. The van der Waals surface area contributed by atoms with Crippen LogP contribution < -0.4 is 0 Å². The summed E-state index contributed by atoms with van der Waals surface area (Å²) in [6.07, 6.45) is -1.54. The summed E-state index contributed by atoms with van der Waals surface area (Å²) in [7, 11) is -2.19. The van der Waals surface area contributed by atoms with Gasteiger partial charge >= 0.3 is 0 Å². The Labute approximate surface area is 163 Å². The summed E-state index contributed by atoms with van der Waals surface area (Å²) in [4.78, 5) is 0. The molecule has 156 valence electrons. The molecule has 9 heteroatoms. The number of rotatable bonds is 9. The fraction of sp³-hybridized carbons (Fsp3) is 1.00. The first-order valence-electron chi connectivity index (χ1n) is 9.37. The van der Waals surface area contributed by atoms with Crippen molar-refractivity contribution in [2.75, 3.05) is 20.8 Å². The molecule has 0 N–H and O–H groups in total. The molecular formula is C17H40O6Si3. The summed E-state index contributed by atoms with van der Waals surface area (Å²) in [6.45, 7) is 20.0. The fourth-order valence-electron chi connectivity index (χ4n) is 2.98. The summed E-state index contributed by atoms with van der Waals surface area (Å²) >= 11 is 0. The minimum Gasteiger partial charge on any atom is -0.409 e. The highest BCUT2D eigenvalue weighted by Gasteiger charge is 2.51. The van der Waals surface area contributed by atoms with Gasteiger partial charge in [-0.1, -0.05) is 0 Å². The number of methoxy groups -OCH3 is 2. The van der Waals surface area contributed by atoms with E-state index >= 15 is 0 Å². The highest BCUT2D eigenvalue weighted by Crippen LogP contribution is 2.33. The zero-order valence-corrected chi connectivity index (χ0v) is 21.5. The Morgan fingerprint density at radius 3 is 1.50 bits per heavy atom. The van der Waals surface area contributed by atoms with Crippen molar-refractivity contribution in [1.82, 2.24) is 0 Å². The molecule has 1 fully saturated rings. The van der Waals surface area contributed by atoms with Crippen LogP contribution in [0.5, 0.6) is 0 Å². The van der Waals surface area contributed by atoms with Crippen molar-refractivity contribution in [3.05, 3.63) is 0 Å². The van der Waals surface area contributed by atoms with Gasteiger partial charge in [0.15, 0.2) is 31.2 Å². The van der Waals surface area contributed by atoms with Gasteiger partial charge in [-0.2, -0.15) is 0 Å². The van der Waals surface area contributed by atoms with E-state index in [0.29, 0.717) is 6.61 Å². The van der Waals surface area contributed by atoms with Gasteiger partial charge in [-0.05, 0) is 58.9 Å². The van der Waals surface area contributed by atoms with Gasteiger partial charge in [0.2, 0.25) is 0 Å². The number of hydrogen-bond acceptors (Lipinski definition) is 6. The van der Waals surface area contributed by atoms with Crippen LogP contribution in [-0.4, -0.2) is 76.5 Å². The van der Waals surface area contributed by atoms with Gasteiger partial charge in [0.1, 0.15) is 24.4 Å². The van der Waals surface area contributed by atoms with Crippen LogP contribution in [0.4, 0.5) is 0 Å². The minimum atomic E-state index is -1.86. The van der Waals surface area contributed by atoms with Crippen LogP contribution in [-0.2, 0) is 27.5 Å². The first kappa shape index (κ1) is 24.4. The molecule has 0 bridgehead atoms. The normalized spacial score (nSPS) is 31.3. The average Bonchev–Trinajstić information content (AvgIpc) is 2.39. The van der Waals surface area contributed by atoms with Crippen LogP contribution in [0.25, 0.3) is 0 Å². The lowest BCUT2D eigenvalue weighted by molar-refractivity contribution is -0.278. The minimum absolute atomic E-state index is 0.242. The second-order valence-corrected chi connectivity index (χ2v) is 23.2. The van der Waals surface area contributed by atoms with Crippen molar-refractivity contribution in [1.29, 1.82) is 0 Å². The van der Waals surface area contributed by atoms with E-state index in [9.17, 15) is 0 Å². The van der Waals surface area contributed by atoms with E-state index in [1.807, 2.05) is 0 Å². The molecule has 0 aromatic carbocycles. The van der Waals surface area contributed by atoms with Gasteiger partial charge in [-0.25, -0.2) is 0 Å². The SMILES string of the molecule is COC[C@H]1OC(O[Si](C)(C)C)[C@H](O[Si](C)(C)C)[C@@H](O[Si](C)(C)C)[C@@H]1OC. The molecule has 1 aliphatic heterocycles. The average molecular weight is 425 g/mol. The van der Waals surface area contributed by atoms with Crippen molar-refractivity contribution in [2.24, 2.45) is 0 Å². The van der Waals surface area contributed by atoms with E-state index in [4.69, 9.17) is 27.5 Å². The Morgan fingerprint density at radius 2 is 1.12 bits per heavy atom. The highest BCUT2D eigenvalue weighted by molar-refractivity contribution is 6.70. The molecule has 0 spiro atoms. The van der Waals surface area contributed by atoms with E-state index in [0.717, 1.165) is 0 Å². The largest absolute Gasteiger partial charge is 0.409 e. The summed E-state index contributed by atoms with van der Waals surface area (Å²) in [6, 6.07) is 0. The van der Waals surface area contributed by atoms with Crippen molar-refractivity contribution in [2.45, 2.75) is 89.6 Å². The van der Waals surface area contributed by atoms with Crippen molar-refractivity contribution in [3.8, 4) is 0 Å². The molecule has 1 aliphatic rings. The first-order valence-corrected chi connectivity index (χ1v) is 19.6. The van der Waals surface area contributed by atoms with E-state index < -0.39 is 31.2 Å². The van der Waals surface area contributed by atoms with Crippen LogP contribution in [0.2, 0.25) is 58.9 Å². The summed E-state index contributed by atoms with van der Waals surface area (Å²) < 4.78 is 37.0. The van der Waals surface area contributed by atoms with Gasteiger partial charge in [0.25, 0.3) is 0 Å². The number of hydrogen-bond donors (Lipinski definition) is 0. The second-order valence-electron chi connectivity index (χ2n) is 9.82. The lowest BCUT2D eigenvalue weighted by Crippen LogP contribution is -2.65. The fourth-order valence-corrected chi connectivity index (χ4v) is 6.01. The van der Waals surface area contributed by atoms with Crippen LogP contribution in [0, 0.1) is 0 Å². The molecule has 0 aliphatic carbocycles. The summed E-state index contributed by atoms with van der Waals surface area (Å²) in [5.74, 6) is 0. The molecule has 6 nitrogen and oxygen atoms in total. The van der Waals surface area contributed by atoms with Crippen molar-refractivity contribution < 1.29 is 27.5 Å². The molecule has 0 amide bonds. The van der Waals surface area contributed by atoms with Crippen LogP contribution in [0.1, 0.15) is 0 Å². The van der Waals surface area contributed by atoms with Gasteiger partial charge in [-0.15, -0.1) is 0 Å². The van der Waals surface area contributed by atoms with Gasteiger partial charge in [0, 0.05) is 14.2 Å². The molecular weight excluding hydrogens is 384 g/mol. The van der Waals surface area contributed by atoms with Crippen molar-refractivity contribution >= 4 is 25.0 Å². The molecule has 1 unspecified atom stereocenters. The number of ether oxygens (including phenoxy) is 3. The Morgan fingerprint density at radius 1 is 0.654 bits per heavy atom. The zero-order valence-electron chi connectivity index (χ0n) is 18.5. The maximum absolute atomic E-state index is 6.57. The van der Waals surface area contributed by atoms with Crippen LogP contribution in [0.15, 0.2) is 0 Å². The molecule has 0 radical (unpaired) electrons. The van der Waals surface area contributed by atoms with E-state index in [-0.39, 0.29) is 24.4 Å². The third kappa shape index (κ3) is 8.19. The van der Waals surface area contributed by atoms with Gasteiger partial charge in [-0.3, -0.25) is 0 Å². The summed E-state index contributed by atoms with van der Waals surface area (Å²) in [5, 5.41) is 0. The predicted molar refractivity (Wildman–Crippen MR) is 112 cm³/mol. The molecule has 0 aromatic heterocycles. The molecule has 1 heterocycles. The summed E-state index contributed by atoms with van der Waals surface area (Å²) in [5.41, 5.74) is 0. The molecule has 26 heavy (non-hydrogen) atoms. The van der Waals surface area contributed by atoms with Crippen LogP contribution >= 0.6 is 0 Å². The maximum atomic E-state index is 6.57. The van der Waals surface area contributed by atoms with E-state index in [1.54, 1.807) is 14.2 Å². The quantitative estimate of drug-likeness (QED) is 0.526. The smallest absolute Gasteiger partial charge is 0.187 e. The Kier molecular flexibility index (Phi) is 8.72. The Bertz CT molecular complexity index is 430. The Balaban J connectivity index is 3.28. The molecule has 0 aromatic rings. The lowest BCUT2D eigenvalue weighted by atomic mass is 9.99. The highest BCUT2D eigenvalue weighted by atomic mass is 28.4. The first-order chi connectivity index (χ1) is 11.7. The molecule has 1 saturated heterocycles. The van der Waals surface area contributed by atoms with E-state index in [1.165, 1.54) is 0 Å². The standard InChI is InChI=1S/C17H40O6Si3/c1-18-12-13-14(19-2)15(21-24(3,4)5)16(22-25(6,7)8)17(20-13)23-26(9,10)11/h13-17H,12H2,1-11H3/t13-,14-,15+,16-,17?/m1/s1. The topological polar surface area (TPSA) is 55.4 Å². The second kappa shape index (κ2) is 9.27. The molecule has 0 saturated carbocycles. The lowest BCUT2D eigenvalue weighted by Gasteiger charge is -2.50. The third-order valence-electron chi connectivity index (χ3n) is 3.64. The molecule has 1 rings (SSSR count). The van der Waals surface area contributed by atoms with E-state index in [2.05, 4.69) is 58.9 Å². The third-order valence-corrected chi connectivity index (χ3v) is 6.54. The van der Waals surface area contributed by atoms with Crippen molar-refractivity contribution in [3.63, 3.8) is 0 Å². The van der Waals surface area contributed by atoms with Gasteiger partial charge < -0.3 is 27.5 Å². The molecule has 5 atom stereocenters. The predicted octanol–water partition coefficient (Wildman–Crippen LogP) is 3.66. The van der Waals surface area contributed by atoms with Crippen LogP contribution in [0.3, 0.4) is 0 Å². The van der Waals surface area contributed by atoms with Gasteiger partial charge in [0.05, 0.1) is 6.61 Å². The maximum Gasteiger partial charge on any atom is 0.187 e. The zero-order chi connectivity index (χ0) is 20.3.